The highest BCUT2D eigenvalue weighted by molar-refractivity contribution is 7.22. The van der Waals surface area contributed by atoms with Gasteiger partial charge in [0.25, 0.3) is 11.8 Å². The minimum atomic E-state index is -4.46. The van der Waals surface area contributed by atoms with Gasteiger partial charge in [-0.15, -0.1) is 13.2 Å². The zero-order valence-corrected chi connectivity index (χ0v) is 25.4. The molecule has 3 heterocycles. The second-order valence-electron chi connectivity index (χ2n) is 9.92. The summed E-state index contributed by atoms with van der Waals surface area (Å²) in [5, 5.41) is 6.13. The molecule has 0 saturated carbocycles. The van der Waals surface area contributed by atoms with Crippen molar-refractivity contribution in [2.45, 2.75) is 31.6 Å². The highest BCUT2D eigenvalue weighted by atomic mass is 32.1. The van der Waals surface area contributed by atoms with Gasteiger partial charge in [-0.2, -0.15) is 13.2 Å². The lowest BCUT2D eigenvalue weighted by molar-refractivity contribution is -0.173. The largest absolute Gasteiger partial charge is 0.503 e. The number of ether oxygens (including phenoxy) is 4. The molecule has 2 atom stereocenters. The summed E-state index contributed by atoms with van der Waals surface area (Å²) in [7, 11) is 4.90. The molecule has 1 saturated heterocycles. The van der Waals surface area contributed by atoms with Crippen molar-refractivity contribution in [1.82, 2.24) is 10.3 Å². The first-order chi connectivity index (χ1) is 21.1. The number of hydrogen-bond acceptors (Lipinski definition) is 9. The molecule has 3 aromatic rings. The van der Waals surface area contributed by atoms with Gasteiger partial charge in [0, 0.05) is 25.8 Å². The standard InChI is InChI=1S/C27H29BF3N4O6S.C2H4/c1-14-8-15(11-38-2)35(14)26-34-18-4-5-20(39-3)22(23(18)42-26)25(37)33-19-10-21-17(28-13-41-21)9-16(19)24(36)32-6-7-40-12-27(29,30)31;1-2/h4-5,9-10,14-15H,6-8,11-13H2,1-3H3,(H,32,36)(H,33,37);1-2H2. The summed E-state index contributed by atoms with van der Waals surface area (Å²) in [5.41, 5.74) is 1.83. The highest BCUT2D eigenvalue weighted by Gasteiger charge is 2.37. The van der Waals surface area contributed by atoms with Crippen molar-refractivity contribution in [2.24, 2.45) is 0 Å². The fourth-order valence-corrected chi connectivity index (χ4v) is 6.36. The molecule has 2 aliphatic rings. The molecule has 5 rings (SSSR count). The van der Waals surface area contributed by atoms with Crippen LogP contribution in [-0.4, -0.2) is 89.4 Å². The van der Waals surface area contributed by atoms with Gasteiger partial charge in [-0.05, 0) is 37.0 Å². The lowest BCUT2D eigenvalue weighted by Crippen LogP contribution is -2.56. The molecular weight excluding hydrogens is 600 g/mol. The maximum Gasteiger partial charge on any atom is 0.411 e. The number of benzene rings is 2. The topological polar surface area (TPSA) is 111 Å². The first kappa shape index (κ1) is 33.1. The first-order valence-corrected chi connectivity index (χ1v) is 14.5. The molecule has 2 aliphatic heterocycles. The van der Waals surface area contributed by atoms with E-state index >= 15 is 0 Å². The predicted octanol–water partition coefficient (Wildman–Crippen LogP) is 3.96. The zero-order chi connectivity index (χ0) is 32.0. The molecule has 0 spiro atoms. The number of nitrogens with one attached hydrogen (secondary N) is 2. The number of thiazole rings is 1. The van der Waals surface area contributed by atoms with Gasteiger partial charge in [-0.25, -0.2) is 4.98 Å². The average molecular weight is 633 g/mol. The Labute approximate surface area is 257 Å². The van der Waals surface area contributed by atoms with Gasteiger partial charge >= 0.3 is 6.18 Å². The van der Waals surface area contributed by atoms with Crippen LogP contribution in [0.2, 0.25) is 0 Å². The molecule has 2 amide bonds. The summed E-state index contributed by atoms with van der Waals surface area (Å²) in [6.07, 6.45) is -3.49. The van der Waals surface area contributed by atoms with Crippen molar-refractivity contribution in [3.63, 3.8) is 0 Å². The van der Waals surface area contributed by atoms with Crippen LogP contribution in [0.3, 0.4) is 0 Å². The number of fused-ring (bicyclic) bond motifs is 2. The molecule has 2 aromatic carbocycles. The molecule has 1 fully saturated rings. The molecule has 2 unspecified atom stereocenters. The van der Waals surface area contributed by atoms with E-state index in [1.54, 1.807) is 38.7 Å². The number of alkyl halides is 3. The van der Waals surface area contributed by atoms with Gasteiger partial charge in [0.2, 0.25) is 7.28 Å². The Balaban J connectivity index is 0.00000216. The first-order valence-electron chi connectivity index (χ1n) is 13.7. The van der Waals surface area contributed by atoms with Crippen LogP contribution in [-0.2, 0) is 9.47 Å². The lowest BCUT2D eigenvalue weighted by Gasteiger charge is -2.46. The van der Waals surface area contributed by atoms with Gasteiger partial charge in [0.1, 0.15) is 23.7 Å². The van der Waals surface area contributed by atoms with E-state index in [0.29, 0.717) is 40.3 Å². The number of halogens is 3. The monoisotopic (exact) mass is 633 g/mol. The second-order valence-corrected chi connectivity index (χ2v) is 10.9. The van der Waals surface area contributed by atoms with E-state index in [1.807, 2.05) is 0 Å². The van der Waals surface area contributed by atoms with Crippen molar-refractivity contribution >= 4 is 56.9 Å². The summed E-state index contributed by atoms with van der Waals surface area (Å²) in [6, 6.07) is 7.03. The maximum absolute atomic E-state index is 13.8. The van der Waals surface area contributed by atoms with E-state index in [0.717, 1.165) is 11.6 Å². The van der Waals surface area contributed by atoms with Crippen molar-refractivity contribution in [3.8, 4) is 11.5 Å². The number of rotatable bonds is 11. The Kier molecular flexibility index (Phi) is 10.8. The van der Waals surface area contributed by atoms with Crippen LogP contribution in [0.1, 0.15) is 34.1 Å². The molecule has 1 aromatic heterocycles. The van der Waals surface area contributed by atoms with Crippen molar-refractivity contribution < 1.29 is 41.7 Å². The van der Waals surface area contributed by atoms with Crippen LogP contribution in [0.15, 0.2) is 37.4 Å². The number of aromatic nitrogens is 1. The minimum Gasteiger partial charge on any atom is -0.503 e. The van der Waals surface area contributed by atoms with Crippen LogP contribution in [0.5, 0.6) is 11.5 Å². The molecule has 0 aliphatic carbocycles. The number of carbonyl (C=O) groups is 2. The van der Waals surface area contributed by atoms with E-state index in [-0.39, 0.29) is 42.0 Å². The van der Waals surface area contributed by atoms with Gasteiger partial charge < -0.3 is 34.5 Å². The molecule has 15 heteroatoms. The van der Waals surface area contributed by atoms with Crippen LogP contribution in [0, 0.1) is 0 Å². The van der Waals surface area contributed by atoms with Crippen molar-refractivity contribution in [2.75, 3.05) is 57.3 Å². The van der Waals surface area contributed by atoms with Gasteiger partial charge in [0.15, 0.2) is 5.13 Å². The normalized spacial score (nSPS) is 17.0. The number of carbonyl (C=O) groups excluding carboxylic acids is 2. The summed E-state index contributed by atoms with van der Waals surface area (Å²) >= 11 is 1.37. The summed E-state index contributed by atoms with van der Waals surface area (Å²) in [4.78, 5) is 33.8. The highest BCUT2D eigenvalue weighted by Crippen LogP contribution is 2.41. The smallest absolute Gasteiger partial charge is 0.411 e. The number of amides is 2. The number of nitrogens with zero attached hydrogens (tertiary/aromatic N) is 2. The molecular formula is C29H33BF3N4O6S. The van der Waals surface area contributed by atoms with E-state index in [1.165, 1.54) is 18.4 Å². The summed E-state index contributed by atoms with van der Waals surface area (Å²) < 4.78 is 58.7. The maximum atomic E-state index is 13.8. The summed E-state index contributed by atoms with van der Waals surface area (Å²) in [6.45, 7) is 7.07. The van der Waals surface area contributed by atoms with Crippen LogP contribution < -0.4 is 30.5 Å². The van der Waals surface area contributed by atoms with E-state index in [4.69, 9.17) is 19.2 Å². The number of anilines is 2. The molecule has 1 radical (unpaired) electrons. The SMILES string of the molecule is C=C.COCC1CC(C)N1c1nc2ccc(OC)c(C(=O)Nc3cc4c(cc3C(=O)NCCOCC(F)(F)F)[B]CO4)c2s1. The third kappa shape index (κ3) is 7.28. The van der Waals surface area contributed by atoms with Crippen molar-refractivity contribution in [1.29, 1.82) is 0 Å². The molecule has 2 N–H and O–H groups in total. The van der Waals surface area contributed by atoms with Crippen LogP contribution in [0.4, 0.5) is 24.0 Å². The Morgan fingerprint density at radius 1 is 1.23 bits per heavy atom. The van der Waals surface area contributed by atoms with E-state index < -0.39 is 24.6 Å². The summed E-state index contributed by atoms with van der Waals surface area (Å²) in [5.74, 6) is -0.303. The van der Waals surface area contributed by atoms with Crippen LogP contribution in [0.25, 0.3) is 10.2 Å². The number of methoxy groups -OCH3 is 2. The Morgan fingerprint density at radius 2 is 2.00 bits per heavy atom. The fourth-order valence-electron chi connectivity index (χ4n) is 5.08. The quantitative estimate of drug-likeness (QED) is 0.186. The molecule has 0 bridgehead atoms. The predicted molar refractivity (Wildman–Crippen MR) is 164 cm³/mol. The molecule has 235 valence electrons. The Morgan fingerprint density at radius 3 is 2.68 bits per heavy atom. The third-order valence-corrected chi connectivity index (χ3v) is 8.10. The third-order valence-electron chi connectivity index (χ3n) is 7.00. The number of hydrogen-bond donors (Lipinski definition) is 2. The zero-order valence-electron chi connectivity index (χ0n) is 24.6. The molecule has 10 nitrogen and oxygen atoms in total. The fraction of sp³-hybridized carbons (Fsp3) is 0.414. The van der Waals surface area contributed by atoms with Gasteiger partial charge in [-0.1, -0.05) is 11.3 Å². The minimum absolute atomic E-state index is 0.118. The lowest BCUT2D eigenvalue weighted by atomic mass is 9.72. The van der Waals surface area contributed by atoms with Gasteiger partial charge in [0.05, 0.1) is 54.3 Å². The Bertz CT molecular complexity index is 1500. The van der Waals surface area contributed by atoms with E-state index in [2.05, 4.69) is 40.4 Å². The Hall–Kier alpha value is -3.82. The molecule has 44 heavy (non-hydrogen) atoms. The van der Waals surface area contributed by atoms with E-state index in [9.17, 15) is 22.8 Å². The van der Waals surface area contributed by atoms with Crippen molar-refractivity contribution in [3.05, 3.63) is 48.6 Å². The average Bonchev–Trinajstić information content (AvgIpc) is 3.62. The van der Waals surface area contributed by atoms with Crippen LogP contribution >= 0.6 is 11.3 Å². The van der Waals surface area contributed by atoms with Gasteiger partial charge in [-0.3, -0.25) is 9.59 Å². The second kappa shape index (κ2) is 14.3.